The van der Waals surface area contributed by atoms with E-state index in [4.69, 9.17) is 4.74 Å². The van der Waals surface area contributed by atoms with Gasteiger partial charge in [-0.3, -0.25) is 4.79 Å². The predicted molar refractivity (Wildman–Crippen MR) is 89.5 cm³/mol. The Kier molecular flexibility index (Phi) is 4.53. The lowest BCUT2D eigenvalue weighted by molar-refractivity contribution is -0.144. The standard InChI is InChI=1S/C19H20O2S/c1-3-21-19(20)13(2)15-10-11-18-16(12-15)9-8-14-6-4-5-7-17(14)22-18/h4-7,10-13H,3,8-9H2,1-2H3. The van der Waals surface area contributed by atoms with Crippen LogP contribution in [-0.2, 0) is 22.4 Å². The third-order valence-electron chi connectivity index (χ3n) is 4.08. The van der Waals surface area contributed by atoms with E-state index in [-0.39, 0.29) is 11.9 Å². The average molecular weight is 312 g/mol. The van der Waals surface area contributed by atoms with Crippen LogP contribution < -0.4 is 0 Å². The van der Waals surface area contributed by atoms with Gasteiger partial charge in [0.2, 0.25) is 0 Å². The molecule has 2 aromatic rings. The summed E-state index contributed by atoms with van der Waals surface area (Å²) in [7, 11) is 0. The van der Waals surface area contributed by atoms with E-state index in [0.29, 0.717) is 6.61 Å². The molecule has 0 amide bonds. The summed E-state index contributed by atoms with van der Waals surface area (Å²) in [6.07, 6.45) is 2.07. The van der Waals surface area contributed by atoms with Crippen molar-refractivity contribution >= 4 is 17.7 Å². The highest BCUT2D eigenvalue weighted by Crippen LogP contribution is 2.38. The zero-order chi connectivity index (χ0) is 15.5. The summed E-state index contributed by atoms with van der Waals surface area (Å²) in [6, 6.07) is 15.0. The minimum absolute atomic E-state index is 0.146. The molecule has 0 N–H and O–H groups in total. The molecule has 0 fully saturated rings. The smallest absolute Gasteiger partial charge is 0.313 e. The first-order valence-electron chi connectivity index (χ1n) is 7.74. The number of fused-ring (bicyclic) bond motifs is 2. The lowest BCUT2D eigenvalue weighted by atomic mass is 9.96. The molecule has 0 spiro atoms. The molecule has 3 rings (SSSR count). The van der Waals surface area contributed by atoms with Gasteiger partial charge >= 0.3 is 5.97 Å². The first-order valence-corrected chi connectivity index (χ1v) is 8.56. The van der Waals surface area contributed by atoms with Crippen molar-refractivity contribution in [2.75, 3.05) is 6.61 Å². The second-order valence-corrected chi connectivity index (χ2v) is 6.63. The molecule has 1 atom stereocenters. The van der Waals surface area contributed by atoms with Gasteiger partial charge in [-0.05, 0) is 55.5 Å². The molecule has 0 aromatic heterocycles. The van der Waals surface area contributed by atoms with Crippen LogP contribution in [-0.4, -0.2) is 12.6 Å². The summed E-state index contributed by atoms with van der Waals surface area (Å²) in [5, 5.41) is 0. The molecular formula is C19H20O2S. The zero-order valence-corrected chi connectivity index (χ0v) is 13.8. The second-order valence-electron chi connectivity index (χ2n) is 5.55. The van der Waals surface area contributed by atoms with Crippen LogP contribution in [0.3, 0.4) is 0 Å². The monoisotopic (exact) mass is 312 g/mol. The number of rotatable bonds is 3. The zero-order valence-electron chi connectivity index (χ0n) is 13.0. The van der Waals surface area contributed by atoms with Gasteiger partial charge < -0.3 is 4.74 Å². The molecule has 2 nitrogen and oxygen atoms in total. The highest BCUT2D eigenvalue weighted by molar-refractivity contribution is 7.99. The number of hydrogen-bond donors (Lipinski definition) is 0. The normalized spacial score (nSPS) is 14.5. The molecule has 1 aliphatic heterocycles. The van der Waals surface area contributed by atoms with E-state index in [1.807, 2.05) is 25.6 Å². The SMILES string of the molecule is CCOC(=O)C(C)c1ccc2c(c1)CCc1ccccc1S2. The third-order valence-corrected chi connectivity index (χ3v) is 5.32. The van der Waals surface area contributed by atoms with E-state index in [1.165, 1.54) is 20.9 Å². The maximum atomic E-state index is 11.9. The number of carbonyl (C=O) groups excluding carboxylic acids is 1. The first kappa shape index (κ1) is 15.2. The van der Waals surface area contributed by atoms with Gasteiger partial charge in [-0.1, -0.05) is 42.1 Å². The molecule has 3 heteroatoms. The molecule has 1 heterocycles. The molecule has 0 aliphatic carbocycles. The Hall–Kier alpha value is -1.74. The predicted octanol–water partition coefficient (Wildman–Crippen LogP) is 4.60. The molecule has 1 unspecified atom stereocenters. The second kappa shape index (κ2) is 6.57. The summed E-state index contributed by atoms with van der Waals surface area (Å²) >= 11 is 1.83. The van der Waals surface area contributed by atoms with Crippen molar-refractivity contribution in [3.8, 4) is 0 Å². The molecule has 0 bridgehead atoms. The van der Waals surface area contributed by atoms with E-state index in [2.05, 4.69) is 42.5 Å². The topological polar surface area (TPSA) is 26.3 Å². The molecule has 1 aliphatic rings. The van der Waals surface area contributed by atoms with Crippen molar-refractivity contribution in [2.24, 2.45) is 0 Å². The quantitative estimate of drug-likeness (QED) is 0.775. The highest BCUT2D eigenvalue weighted by atomic mass is 32.2. The average Bonchev–Trinajstić information content (AvgIpc) is 2.72. The molecule has 0 saturated heterocycles. The van der Waals surface area contributed by atoms with E-state index in [9.17, 15) is 4.79 Å². The third kappa shape index (κ3) is 3.05. The van der Waals surface area contributed by atoms with Crippen LogP contribution >= 0.6 is 11.8 Å². The fourth-order valence-corrected chi connectivity index (χ4v) is 3.88. The summed E-state index contributed by atoms with van der Waals surface area (Å²) < 4.78 is 5.13. The maximum Gasteiger partial charge on any atom is 0.313 e. The van der Waals surface area contributed by atoms with Crippen LogP contribution in [0.4, 0.5) is 0 Å². The van der Waals surface area contributed by atoms with E-state index >= 15 is 0 Å². The number of hydrogen-bond acceptors (Lipinski definition) is 3. The van der Waals surface area contributed by atoms with Gasteiger partial charge in [0.15, 0.2) is 0 Å². The molecule has 2 aromatic carbocycles. The number of aryl methyl sites for hydroxylation is 2. The summed E-state index contributed by atoms with van der Waals surface area (Å²) in [5.74, 6) is -0.354. The molecule has 114 valence electrons. The van der Waals surface area contributed by atoms with Crippen molar-refractivity contribution < 1.29 is 9.53 Å². The molecule has 0 saturated carbocycles. The van der Waals surface area contributed by atoms with Crippen molar-refractivity contribution in [1.82, 2.24) is 0 Å². The van der Waals surface area contributed by atoms with Gasteiger partial charge in [0.25, 0.3) is 0 Å². The van der Waals surface area contributed by atoms with Crippen LogP contribution in [0.25, 0.3) is 0 Å². The van der Waals surface area contributed by atoms with E-state index in [1.54, 1.807) is 0 Å². The number of carbonyl (C=O) groups is 1. The van der Waals surface area contributed by atoms with Crippen LogP contribution in [0.5, 0.6) is 0 Å². The minimum Gasteiger partial charge on any atom is -0.466 e. The number of ether oxygens (including phenoxy) is 1. The Morgan fingerprint density at radius 2 is 1.86 bits per heavy atom. The largest absolute Gasteiger partial charge is 0.466 e. The van der Waals surface area contributed by atoms with Crippen LogP contribution in [0.1, 0.15) is 36.5 Å². The highest BCUT2D eigenvalue weighted by Gasteiger charge is 2.19. The Labute approximate surface area is 135 Å². The van der Waals surface area contributed by atoms with Crippen LogP contribution in [0, 0.1) is 0 Å². The van der Waals surface area contributed by atoms with E-state index < -0.39 is 0 Å². The Morgan fingerprint density at radius 1 is 1.14 bits per heavy atom. The fourth-order valence-electron chi connectivity index (χ4n) is 2.76. The lowest BCUT2D eigenvalue weighted by Crippen LogP contribution is -2.13. The molecular weight excluding hydrogens is 292 g/mol. The number of benzene rings is 2. The summed E-state index contributed by atoms with van der Waals surface area (Å²) in [4.78, 5) is 14.6. The Morgan fingerprint density at radius 3 is 2.68 bits per heavy atom. The molecule has 22 heavy (non-hydrogen) atoms. The molecule has 0 radical (unpaired) electrons. The Bertz CT molecular complexity index is 694. The van der Waals surface area contributed by atoms with Gasteiger partial charge in [0.05, 0.1) is 12.5 Å². The fraction of sp³-hybridized carbons (Fsp3) is 0.316. The van der Waals surface area contributed by atoms with Crippen molar-refractivity contribution in [3.05, 3.63) is 59.2 Å². The number of esters is 1. The van der Waals surface area contributed by atoms with E-state index in [0.717, 1.165) is 18.4 Å². The Balaban J connectivity index is 1.88. The van der Waals surface area contributed by atoms with Crippen molar-refractivity contribution in [2.45, 2.75) is 42.4 Å². The summed E-state index contributed by atoms with van der Waals surface area (Å²) in [5.41, 5.74) is 3.78. The van der Waals surface area contributed by atoms with Crippen LogP contribution in [0.2, 0.25) is 0 Å². The lowest BCUT2D eigenvalue weighted by Gasteiger charge is -2.13. The van der Waals surface area contributed by atoms with Gasteiger partial charge in [-0.25, -0.2) is 0 Å². The van der Waals surface area contributed by atoms with Gasteiger partial charge in [-0.15, -0.1) is 0 Å². The van der Waals surface area contributed by atoms with Gasteiger partial charge in [0, 0.05) is 9.79 Å². The summed E-state index contributed by atoms with van der Waals surface area (Å²) in [6.45, 7) is 4.19. The van der Waals surface area contributed by atoms with Crippen molar-refractivity contribution in [1.29, 1.82) is 0 Å². The van der Waals surface area contributed by atoms with Gasteiger partial charge in [-0.2, -0.15) is 0 Å². The maximum absolute atomic E-state index is 11.9. The van der Waals surface area contributed by atoms with Crippen LogP contribution in [0.15, 0.2) is 52.3 Å². The van der Waals surface area contributed by atoms with Gasteiger partial charge in [0.1, 0.15) is 0 Å². The minimum atomic E-state index is -0.208. The first-order chi connectivity index (χ1) is 10.7. The van der Waals surface area contributed by atoms with Crippen molar-refractivity contribution in [3.63, 3.8) is 0 Å².